The summed E-state index contributed by atoms with van der Waals surface area (Å²) in [5, 5.41) is 2.77. The van der Waals surface area contributed by atoms with Gasteiger partial charge in [-0.2, -0.15) is 0 Å². The molecular weight excluding hydrogens is 438 g/mol. The Morgan fingerprint density at radius 3 is 2.32 bits per heavy atom. The van der Waals surface area contributed by atoms with Gasteiger partial charge in [-0.3, -0.25) is 29.0 Å². The lowest BCUT2D eigenvalue weighted by Gasteiger charge is -2.22. The quantitative estimate of drug-likeness (QED) is 0.292. The Morgan fingerprint density at radius 1 is 0.912 bits per heavy atom. The molecular formula is C25H23N3O6. The molecule has 2 aromatic rings. The topological polar surface area (TPSA) is 113 Å². The standard InChI is InChI=1S/C25H23N3O6/c29-20(34-14-6-5-13-27-21(30)17-8-2-3-9-18(17)22(27)31)15-28-23(32)25(26-24(28)33)12-11-16-7-1-4-10-19(16)25/h1-4,7-10H,5-6,11-15H2,(H,26,33)/t25-/m1/s1. The predicted octanol–water partition coefficient (Wildman–Crippen LogP) is 2.00. The molecule has 5 rings (SSSR count). The maximum absolute atomic E-state index is 13.1. The van der Waals surface area contributed by atoms with Crippen molar-refractivity contribution in [3.05, 3.63) is 70.8 Å². The van der Waals surface area contributed by atoms with Gasteiger partial charge in [0.1, 0.15) is 12.1 Å². The van der Waals surface area contributed by atoms with Gasteiger partial charge < -0.3 is 10.1 Å². The van der Waals surface area contributed by atoms with Crippen LogP contribution in [0.2, 0.25) is 0 Å². The second-order valence-electron chi connectivity index (χ2n) is 8.62. The Bertz CT molecular complexity index is 1190. The number of nitrogens with one attached hydrogen (secondary N) is 1. The summed E-state index contributed by atoms with van der Waals surface area (Å²) in [6, 6.07) is 13.6. The van der Waals surface area contributed by atoms with E-state index in [2.05, 4.69) is 5.32 Å². The van der Waals surface area contributed by atoms with E-state index < -0.39 is 30.0 Å². The van der Waals surface area contributed by atoms with E-state index in [1.54, 1.807) is 24.3 Å². The van der Waals surface area contributed by atoms with Gasteiger partial charge in [0.15, 0.2) is 0 Å². The van der Waals surface area contributed by atoms with Crippen LogP contribution in [0.1, 0.15) is 51.1 Å². The molecule has 0 radical (unpaired) electrons. The number of aryl methyl sites for hydroxylation is 1. The largest absolute Gasteiger partial charge is 0.464 e. The molecule has 0 bridgehead atoms. The van der Waals surface area contributed by atoms with Crippen molar-refractivity contribution in [3.63, 3.8) is 0 Å². The maximum Gasteiger partial charge on any atom is 0.326 e. The number of carbonyl (C=O) groups is 5. The summed E-state index contributed by atoms with van der Waals surface area (Å²) < 4.78 is 5.20. The van der Waals surface area contributed by atoms with E-state index in [9.17, 15) is 24.0 Å². The van der Waals surface area contributed by atoms with Crippen LogP contribution in [0.4, 0.5) is 4.79 Å². The average Bonchev–Trinajstić information content (AvgIpc) is 3.41. The molecule has 0 aromatic heterocycles. The van der Waals surface area contributed by atoms with Crippen LogP contribution in [-0.4, -0.2) is 59.2 Å². The zero-order valence-corrected chi connectivity index (χ0v) is 18.4. The summed E-state index contributed by atoms with van der Waals surface area (Å²) in [7, 11) is 0. The van der Waals surface area contributed by atoms with Crippen LogP contribution < -0.4 is 5.32 Å². The lowest BCUT2D eigenvalue weighted by atomic mass is 9.92. The molecule has 34 heavy (non-hydrogen) atoms. The number of esters is 1. The number of fused-ring (bicyclic) bond motifs is 3. The first-order valence-corrected chi connectivity index (χ1v) is 11.3. The van der Waals surface area contributed by atoms with Crippen molar-refractivity contribution in [2.24, 2.45) is 0 Å². The van der Waals surface area contributed by atoms with Gasteiger partial charge in [-0.1, -0.05) is 36.4 Å². The Labute approximate surface area is 195 Å². The zero-order chi connectivity index (χ0) is 23.9. The first kappa shape index (κ1) is 21.8. The molecule has 1 spiro atoms. The summed E-state index contributed by atoms with van der Waals surface area (Å²) in [6.07, 6.45) is 2.02. The van der Waals surface area contributed by atoms with E-state index in [0.717, 1.165) is 16.0 Å². The smallest absolute Gasteiger partial charge is 0.326 e. The number of hydrogen-bond acceptors (Lipinski definition) is 6. The molecule has 9 nitrogen and oxygen atoms in total. The van der Waals surface area contributed by atoms with Gasteiger partial charge in [-0.25, -0.2) is 4.79 Å². The number of unbranched alkanes of at least 4 members (excludes halogenated alkanes) is 1. The van der Waals surface area contributed by atoms with Crippen LogP contribution >= 0.6 is 0 Å². The van der Waals surface area contributed by atoms with Crippen LogP contribution in [0.3, 0.4) is 0 Å². The molecule has 0 saturated carbocycles. The molecule has 1 saturated heterocycles. The molecule has 0 unspecified atom stereocenters. The average molecular weight is 461 g/mol. The minimum atomic E-state index is -1.11. The minimum Gasteiger partial charge on any atom is -0.464 e. The first-order valence-electron chi connectivity index (χ1n) is 11.3. The summed E-state index contributed by atoms with van der Waals surface area (Å²) in [4.78, 5) is 64.7. The van der Waals surface area contributed by atoms with Crippen LogP contribution in [-0.2, 0) is 26.3 Å². The van der Waals surface area contributed by atoms with Gasteiger partial charge in [0.05, 0.1) is 17.7 Å². The van der Waals surface area contributed by atoms with Gasteiger partial charge >= 0.3 is 12.0 Å². The van der Waals surface area contributed by atoms with Crippen LogP contribution in [0.5, 0.6) is 0 Å². The molecule has 1 atom stereocenters. The molecule has 1 fully saturated rings. The number of imide groups is 2. The molecule has 5 amide bonds. The van der Waals surface area contributed by atoms with E-state index in [4.69, 9.17) is 4.74 Å². The Kier molecular flexibility index (Phi) is 5.39. The molecule has 2 aromatic carbocycles. The van der Waals surface area contributed by atoms with Gasteiger partial charge in [0.2, 0.25) is 0 Å². The highest BCUT2D eigenvalue weighted by Crippen LogP contribution is 2.41. The monoisotopic (exact) mass is 461 g/mol. The Balaban J connectivity index is 1.10. The lowest BCUT2D eigenvalue weighted by Crippen LogP contribution is -2.42. The van der Waals surface area contributed by atoms with Crippen molar-refractivity contribution >= 4 is 29.7 Å². The van der Waals surface area contributed by atoms with Crippen molar-refractivity contribution in [3.8, 4) is 0 Å². The second kappa shape index (κ2) is 8.40. The molecule has 3 aliphatic rings. The summed E-state index contributed by atoms with van der Waals surface area (Å²) >= 11 is 0. The number of benzene rings is 2. The van der Waals surface area contributed by atoms with Gasteiger partial charge in [-0.05, 0) is 48.9 Å². The molecule has 1 aliphatic carbocycles. The Morgan fingerprint density at radius 2 is 1.59 bits per heavy atom. The number of ether oxygens (including phenoxy) is 1. The SMILES string of the molecule is O=C(CN1C(=O)N[C@@]2(CCc3ccccc32)C1=O)OCCCCN1C(=O)c2ccccc2C1=O. The fourth-order valence-corrected chi connectivity index (χ4v) is 4.91. The fraction of sp³-hybridized carbons (Fsp3) is 0.320. The number of carbonyl (C=O) groups excluding carboxylic acids is 5. The van der Waals surface area contributed by atoms with Crippen molar-refractivity contribution in [2.75, 3.05) is 19.7 Å². The summed E-state index contributed by atoms with van der Waals surface area (Å²) in [5.41, 5.74) is 1.47. The third-order valence-corrected chi connectivity index (χ3v) is 6.63. The molecule has 2 aliphatic heterocycles. The number of urea groups is 1. The number of nitrogens with zero attached hydrogens (tertiary/aromatic N) is 2. The van der Waals surface area contributed by atoms with Crippen molar-refractivity contribution in [1.29, 1.82) is 0 Å². The first-order chi connectivity index (χ1) is 16.4. The highest BCUT2D eigenvalue weighted by atomic mass is 16.5. The number of hydrogen-bond donors (Lipinski definition) is 1. The molecule has 2 heterocycles. The van der Waals surface area contributed by atoms with Gasteiger partial charge in [0.25, 0.3) is 17.7 Å². The Hall–Kier alpha value is -4.01. The van der Waals surface area contributed by atoms with E-state index in [1.807, 2.05) is 24.3 Å². The summed E-state index contributed by atoms with van der Waals surface area (Å²) in [6.45, 7) is -0.189. The third kappa shape index (κ3) is 3.44. The normalized spacial score (nSPS) is 20.7. The van der Waals surface area contributed by atoms with Crippen molar-refractivity contribution in [2.45, 2.75) is 31.2 Å². The van der Waals surface area contributed by atoms with E-state index in [1.165, 1.54) is 4.90 Å². The van der Waals surface area contributed by atoms with Crippen LogP contribution in [0.25, 0.3) is 0 Å². The maximum atomic E-state index is 13.1. The van der Waals surface area contributed by atoms with E-state index in [0.29, 0.717) is 36.8 Å². The van der Waals surface area contributed by atoms with E-state index >= 15 is 0 Å². The molecule has 9 heteroatoms. The predicted molar refractivity (Wildman–Crippen MR) is 119 cm³/mol. The van der Waals surface area contributed by atoms with Crippen molar-refractivity contribution in [1.82, 2.24) is 15.1 Å². The lowest BCUT2D eigenvalue weighted by molar-refractivity contribution is -0.148. The van der Waals surface area contributed by atoms with Gasteiger partial charge in [-0.15, -0.1) is 0 Å². The molecule has 1 N–H and O–H groups in total. The van der Waals surface area contributed by atoms with E-state index in [-0.39, 0.29) is 25.0 Å². The third-order valence-electron chi connectivity index (χ3n) is 6.63. The minimum absolute atomic E-state index is 0.0552. The van der Waals surface area contributed by atoms with Crippen LogP contribution in [0.15, 0.2) is 48.5 Å². The molecule has 174 valence electrons. The highest BCUT2D eigenvalue weighted by molar-refractivity contribution is 6.21. The summed E-state index contributed by atoms with van der Waals surface area (Å²) in [5.74, 6) is -1.77. The number of amides is 5. The van der Waals surface area contributed by atoms with Crippen molar-refractivity contribution < 1.29 is 28.7 Å². The highest BCUT2D eigenvalue weighted by Gasteiger charge is 2.55. The van der Waals surface area contributed by atoms with Gasteiger partial charge in [0, 0.05) is 6.54 Å². The number of rotatable bonds is 7. The fourth-order valence-electron chi connectivity index (χ4n) is 4.91. The van der Waals surface area contributed by atoms with Crippen LogP contribution in [0, 0.1) is 0 Å². The zero-order valence-electron chi connectivity index (χ0n) is 18.4. The second-order valence-corrected chi connectivity index (χ2v) is 8.62.